The van der Waals surface area contributed by atoms with E-state index in [0.29, 0.717) is 18.5 Å². The van der Waals surface area contributed by atoms with Gasteiger partial charge in [-0.05, 0) is 19.3 Å². The number of aryl methyl sites for hydroxylation is 1. The molecule has 2 heterocycles. The summed E-state index contributed by atoms with van der Waals surface area (Å²) < 4.78 is 7.82. The number of esters is 1. The van der Waals surface area contributed by atoms with Crippen molar-refractivity contribution in [2.24, 2.45) is 0 Å². The molecule has 0 fully saturated rings. The van der Waals surface area contributed by atoms with Gasteiger partial charge in [-0.1, -0.05) is 13.0 Å². The molecule has 0 saturated carbocycles. The van der Waals surface area contributed by atoms with Gasteiger partial charge in [0.05, 0.1) is 13.7 Å². The van der Waals surface area contributed by atoms with Crippen LogP contribution in [-0.4, -0.2) is 27.4 Å². The Balaban J connectivity index is 2.20. The third kappa shape index (κ3) is 2.77. The average molecular weight is 265 g/mol. The lowest BCUT2D eigenvalue weighted by molar-refractivity contribution is -0.136. The highest BCUT2D eigenvalue weighted by Gasteiger charge is 2.16. The van der Waals surface area contributed by atoms with E-state index in [2.05, 4.69) is 9.84 Å². The minimum absolute atomic E-state index is 0.0914. The predicted octanol–water partition coefficient (Wildman–Crippen LogP) is 0.891. The van der Waals surface area contributed by atoms with Crippen molar-refractivity contribution in [1.82, 2.24) is 14.3 Å². The molecule has 0 aromatic carbocycles. The molecular weight excluding hydrogens is 246 g/mol. The largest absolute Gasteiger partial charge is 0.466 e. The Bertz CT molecular complexity index is 554. The van der Waals surface area contributed by atoms with E-state index < -0.39 is 0 Å². The van der Waals surface area contributed by atoms with E-state index >= 15 is 0 Å². The molecular formula is C13H19N3O3. The number of hydrogen-bond donors (Lipinski definition) is 0. The van der Waals surface area contributed by atoms with Crippen molar-refractivity contribution in [1.29, 1.82) is 0 Å². The summed E-state index contributed by atoms with van der Waals surface area (Å²) in [4.78, 5) is 23.5. The number of carbonyl (C=O) groups excluding carboxylic acids is 1. The molecule has 6 heteroatoms. The van der Waals surface area contributed by atoms with Gasteiger partial charge in [0.25, 0.3) is 0 Å². The van der Waals surface area contributed by atoms with Gasteiger partial charge in [-0.2, -0.15) is 5.10 Å². The van der Waals surface area contributed by atoms with E-state index in [1.807, 2.05) is 6.92 Å². The SMILES string of the molecule is CCC(=CCn1nc2n(c1=O)CCCC2)C(=O)OC. The summed E-state index contributed by atoms with van der Waals surface area (Å²) in [7, 11) is 1.35. The molecule has 0 saturated heterocycles. The van der Waals surface area contributed by atoms with Crippen molar-refractivity contribution in [2.45, 2.75) is 45.7 Å². The summed E-state index contributed by atoms with van der Waals surface area (Å²) in [6, 6.07) is 0. The van der Waals surface area contributed by atoms with E-state index in [0.717, 1.165) is 31.6 Å². The Morgan fingerprint density at radius 2 is 2.26 bits per heavy atom. The lowest BCUT2D eigenvalue weighted by Crippen LogP contribution is -2.26. The second-order valence-corrected chi connectivity index (χ2v) is 4.56. The minimum Gasteiger partial charge on any atom is -0.466 e. The summed E-state index contributed by atoms with van der Waals surface area (Å²) in [6.07, 6.45) is 5.25. The van der Waals surface area contributed by atoms with Crippen LogP contribution in [0.25, 0.3) is 0 Å². The first kappa shape index (κ1) is 13.6. The molecule has 0 unspecified atom stereocenters. The quantitative estimate of drug-likeness (QED) is 0.599. The molecule has 0 atom stereocenters. The van der Waals surface area contributed by atoms with E-state index in [4.69, 9.17) is 0 Å². The van der Waals surface area contributed by atoms with Crippen LogP contribution >= 0.6 is 0 Å². The van der Waals surface area contributed by atoms with Crippen LogP contribution in [0.15, 0.2) is 16.4 Å². The number of fused-ring (bicyclic) bond motifs is 1. The van der Waals surface area contributed by atoms with E-state index in [9.17, 15) is 9.59 Å². The highest BCUT2D eigenvalue weighted by Crippen LogP contribution is 2.09. The van der Waals surface area contributed by atoms with Gasteiger partial charge in [0.15, 0.2) is 0 Å². The second-order valence-electron chi connectivity index (χ2n) is 4.56. The average Bonchev–Trinajstić information content (AvgIpc) is 2.76. The summed E-state index contributed by atoms with van der Waals surface area (Å²) in [6.45, 7) is 2.94. The van der Waals surface area contributed by atoms with Gasteiger partial charge in [-0.15, -0.1) is 0 Å². The Labute approximate surface area is 111 Å². The number of carbonyl (C=O) groups is 1. The smallest absolute Gasteiger partial charge is 0.346 e. The molecule has 2 rings (SSSR count). The maximum absolute atomic E-state index is 12.1. The second kappa shape index (κ2) is 5.86. The van der Waals surface area contributed by atoms with Gasteiger partial charge in [0, 0.05) is 18.5 Å². The molecule has 0 radical (unpaired) electrons. The first-order chi connectivity index (χ1) is 9.17. The molecule has 1 aliphatic heterocycles. The fourth-order valence-corrected chi connectivity index (χ4v) is 2.27. The molecule has 0 N–H and O–H groups in total. The van der Waals surface area contributed by atoms with E-state index in [-0.39, 0.29) is 11.7 Å². The van der Waals surface area contributed by atoms with Crippen molar-refractivity contribution >= 4 is 5.97 Å². The predicted molar refractivity (Wildman–Crippen MR) is 69.8 cm³/mol. The molecule has 19 heavy (non-hydrogen) atoms. The van der Waals surface area contributed by atoms with Gasteiger partial charge < -0.3 is 4.74 Å². The van der Waals surface area contributed by atoms with Gasteiger partial charge >= 0.3 is 11.7 Å². The highest BCUT2D eigenvalue weighted by molar-refractivity contribution is 5.88. The highest BCUT2D eigenvalue weighted by atomic mass is 16.5. The molecule has 0 spiro atoms. The van der Waals surface area contributed by atoms with Crippen LogP contribution in [0.2, 0.25) is 0 Å². The monoisotopic (exact) mass is 265 g/mol. The van der Waals surface area contributed by atoms with Gasteiger partial charge in [-0.3, -0.25) is 4.57 Å². The van der Waals surface area contributed by atoms with Gasteiger partial charge in [-0.25, -0.2) is 14.3 Å². The zero-order valence-corrected chi connectivity index (χ0v) is 11.4. The summed E-state index contributed by atoms with van der Waals surface area (Å²) in [5.74, 6) is 0.500. The first-order valence-electron chi connectivity index (χ1n) is 6.61. The van der Waals surface area contributed by atoms with E-state index in [1.54, 1.807) is 10.6 Å². The summed E-state index contributed by atoms with van der Waals surface area (Å²) in [5, 5.41) is 4.31. The van der Waals surface area contributed by atoms with Crippen molar-refractivity contribution in [3.05, 3.63) is 28.0 Å². The van der Waals surface area contributed by atoms with Crippen LogP contribution in [0.3, 0.4) is 0 Å². The maximum Gasteiger partial charge on any atom is 0.346 e. The van der Waals surface area contributed by atoms with Crippen LogP contribution in [0.1, 0.15) is 32.0 Å². The van der Waals surface area contributed by atoms with Crippen LogP contribution in [0, 0.1) is 0 Å². The van der Waals surface area contributed by atoms with Crippen LogP contribution in [-0.2, 0) is 29.0 Å². The number of methoxy groups -OCH3 is 1. The lowest BCUT2D eigenvalue weighted by Gasteiger charge is -2.09. The molecule has 0 bridgehead atoms. The van der Waals surface area contributed by atoms with Gasteiger partial charge in [0.2, 0.25) is 0 Å². The summed E-state index contributed by atoms with van der Waals surface area (Å²) in [5.41, 5.74) is 0.478. The topological polar surface area (TPSA) is 66.1 Å². The summed E-state index contributed by atoms with van der Waals surface area (Å²) >= 11 is 0. The molecule has 1 aliphatic rings. The zero-order valence-electron chi connectivity index (χ0n) is 11.4. The molecule has 0 amide bonds. The van der Waals surface area contributed by atoms with Crippen LogP contribution in [0.5, 0.6) is 0 Å². The molecule has 0 aliphatic carbocycles. The fourth-order valence-electron chi connectivity index (χ4n) is 2.27. The standard InChI is InChI=1S/C13H19N3O3/c1-3-10(12(17)19-2)7-9-16-13(18)15-8-5-4-6-11(15)14-16/h7H,3-6,8-9H2,1-2H3. The molecule has 1 aromatic heterocycles. The van der Waals surface area contributed by atoms with Crippen LogP contribution in [0.4, 0.5) is 0 Å². The Morgan fingerprint density at radius 3 is 2.89 bits per heavy atom. The van der Waals surface area contributed by atoms with Crippen molar-refractivity contribution in [3.8, 4) is 0 Å². The lowest BCUT2D eigenvalue weighted by atomic mass is 10.2. The third-order valence-corrected chi connectivity index (χ3v) is 3.37. The molecule has 104 valence electrons. The minimum atomic E-state index is -0.348. The fraction of sp³-hybridized carbons (Fsp3) is 0.615. The van der Waals surface area contributed by atoms with Crippen molar-refractivity contribution in [3.63, 3.8) is 0 Å². The number of rotatable bonds is 4. The zero-order chi connectivity index (χ0) is 13.8. The van der Waals surface area contributed by atoms with Crippen molar-refractivity contribution < 1.29 is 9.53 Å². The maximum atomic E-state index is 12.1. The number of aromatic nitrogens is 3. The molecule has 6 nitrogen and oxygen atoms in total. The Kier molecular flexibility index (Phi) is 4.19. The van der Waals surface area contributed by atoms with Crippen LogP contribution < -0.4 is 5.69 Å². The van der Waals surface area contributed by atoms with Crippen molar-refractivity contribution in [2.75, 3.05) is 7.11 Å². The number of nitrogens with zero attached hydrogens (tertiary/aromatic N) is 3. The third-order valence-electron chi connectivity index (χ3n) is 3.37. The van der Waals surface area contributed by atoms with E-state index in [1.165, 1.54) is 11.8 Å². The Morgan fingerprint density at radius 1 is 1.47 bits per heavy atom. The van der Waals surface area contributed by atoms with Gasteiger partial charge in [0.1, 0.15) is 5.82 Å². The number of ether oxygens (including phenoxy) is 1. The Hall–Kier alpha value is -1.85. The normalized spacial score (nSPS) is 15.2. The molecule has 1 aromatic rings. The number of hydrogen-bond acceptors (Lipinski definition) is 4. The number of allylic oxidation sites excluding steroid dienone is 1. The first-order valence-corrected chi connectivity index (χ1v) is 6.61.